The Hall–Kier alpha value is -1.07. The first-order valence-electron chi connectivity index (χ1n) is 6.53. The molecule has 1 fully saturated rings. The Bertz CT molecular complexity index is 504. The number of hydrogen-bond donors (Lipinski definition) is 1. The van der Waals surface area contributed by atoms with E-state index in [1.54, 1.807) is 0 Å². The minimum Gasteiger partial charge on any atom is -0.313 e. The molecule has 0 atom stereocenters. The molecule has 0 bridgehead atoms. The van der Waals surface area contributed by atoms with Gasteiger partial charge in [-0.1, -0.05) is 6.07 Å². The lowest BCUT2D eigenvalue weighted by Crippen LogP contribution is -2.34. The van der Waals surface area contributed by atoms with E-state index in [0.717, 1.165) is 24.4 Å². The minimum atomic E-state index is 0.699. The molecule has 1 aliphatic heterocycles. The van der Waals surface area contributed by atoms with Crippen molar-refractivity contribution in [2.24, 2.45) is 0 Å². The van der Waals surface area contributed by atoms with Gasteiger partial charge in [-0.2, -0.15) is 11.8 Å². The van der Waals surface area contributed by atoms with E-state index in [4.69, 9.17) is 0 Å². The molecule has 4 nitrogen and oxygen atoms in total. The topological polar surface area (TPSA) is 42.2 Å². The fourth-order valence-electron chi connectivity index (χ4n) is 2.35. The molecule has 3 heterocycles. The van der Waals surface area contributed by atoms with Crippen molar-refractivity contribution >= 4 is 17.4 Å². The fraction of sp³-hybridized carbons (Fsp3) is 0.538. The molecule has 2 aromatic heterocycles. The molecule has 5 heteroatoms. The van der Waals surface area contributed by atoms with E-state index >= 15 is 0 Å². The summed E-state index contributed by atoms with van der Waals surface area (Å²) in [6.45, 7) is 0.991. The zero-order valence-electron chi connectivity index (χ0n) is 10.4. The van der Waals surface area contributed by atoms with Gasteiger partial charge in [-0.3, -0.25) is 4.40 Å². The SMILES string of the molecule is c1ccn2c(CCNC3CCSCC3)nnc2c1. The van der Waals surface area contributed by atoms with E-state index in [2.05, 4.69) is 31.7 Å². The number of fused-ring (bicyclic) bond motifs is 1. The van der Waals surface area contributed by atoms with Gasteiger partial charge in [0, 0.05) is 25.2 Å². The van der Waals surface area contributed by atoms with Crippen molar-refractivity contribution in [2.75, 3.05) is 18.1 Å². The van der Waals surface area contributed by atoms with Gasteiger partial charge >= 0.3 is 0 Å². The third-order valence-electron chi connectivity index (χ3n) is 3.39. The molecule has 18 heavy (non-hydrogen) atoms. The average molecular weight is 262 g/mol. The van der Waals surface area contributed by atoms with E-state index in [1.807, 2.05) is 24.4 Å². The number of pyridine rings is 1. The molecule has 1 saturated heterocycles. The highest BCUT2D eigenvalue weighted by atomic mass is 32.2. The first-order chi connectivity index (χ1) is 8.93. The monoisotopic (exact) mass is 262 g/mol. The molecule has 0 amide bonds. The molecule has 0 saturated carbocycles. The third kappa shape index (κ3) is 2.67. The Labute approximate surface area is 111 Å². The van der Waals surface area contributed by atoms with Crippen molar-refractivity contribution in [2.45, 2.75) is 25.3 Å². The second kappa shape index (κ2) is 5.71. The van der Waals surface area contributed by atoms with Crippen LogP contribution in [-0.2, 0) is 6.42 Å². The minimum absolute atomic E-state index is 0.699. The number of rotatable bonds is 4. The molecule has 2 aromatic rings. The number of thioether (sulfide) groups is 1. The second-order valence-corrected chi connectivity index (χ2v) is 5.86. The van der Waals surface area contributed by atoms with Gasteiger partial charge < -0.3 is 5.32 Å². The van der Waals surface area contributed by atoms with Crippen molar-refractivity contribution < 1.29 is 0 Å². The maximum Gasteiger partial charge on any atom is 0.160 e. The summed E-state index contributed by atoms with van der Waals surface area (Å²) in [5.41, 5.74) is 0.932. The summed E-state index contributed by atoms with van der Waals surface area (Å²) in [7, 11) is 0. The number of nitrogens with zero attached hydrogens (tertiary/aromatic N) is 3. The summed E-state index contributed by atoms with van der Waals surface area (Å²) in [5.74, 6) is 3.64. The van der Waals surface area contributed by atoms with Crippen LogP contribution >= 0.6 is 11.8 Å². The maximum absolute atomic E-state index is 4.25. The van der Waals surface area contributed by atoms with Gasteiger partial charge in [0.15, 0.2) is 5.65 Å². The van der Waals surface area contributed by atoms with Crippen LogP contribution < -0.4 is 5.32 Å². The third-order valence-corrected chi connectivity index (χ3v) is 4.44. The van der Waals surface area contributed by atoms with Gasteiger partial charge in [-0.25, -0.2) is 0 Å². The molecule has 0 aliphatic carbocycles. The lowest BCUT2D eigenvalue weighted by Gasteiger charge is -2.22. The smallest absolute Gasteiger partial charge is 0.160 e. The van der Waals surface area contributed by atoms with E-state index in [1.165, 1.54) is 24.3 Å². The summed E-state index contributed by atoms with van der Waals surface area (Å²) in [5, 5.41) is 12.0. The Morgan fingerprint density at radius 2 is 2.17 bits per heavy atom. The number of aromatic nitrogens is 3. The Kier molecular flexibility index (Phi) is 3.81. The van der Waals surface area contributed by atoms with Gasteiger partial charge in [0.2, 0.25) is 0 Å². The van der Waals surface area contributed by atoms with Crippen LogP contribution in [0.4, 0.5) is 0 Å². The zero-order valence-corrected chi connectivity index (χ0v) is 11.2. The summed E-state index contributed by atoms with van der Waals surface area (Å²) < 4.78 is 2.07. The Morgan fingerprint density at radius 1 is 1.28 bits per heavy atom. The van der Waals surface area contributed by atoms with Crippen LogP contribution in [0.25, 0.3) is 5.65 Å². The van der Waals surface area contributed by atoms with Crippen LogP contribution in [0.5, 0.6) is 0 Å². The molecular formula is C13H18N4S. The van der Waals surface area contributed by atoms with E-state index in [-0.39, 0.29) is 0 Å². The Balaban J connectivity index is 1.56. The first-order valence-corrected chi connectivity index (χ1v) is 7.69. The predicted molar refractivity (Wildman–Crippen MR) is 75.0 cm³/mol. The molecule has 1 aliphatic rings. The predicted octanol–water partition coefficient (Wildman–Crippen LogP) is 1.76. The highest BCUT2D eigenvalue weighted by Gasteiger charge is 2.13. The maximum atomic E-state index is 4.25. The van der Waals surface area contributed by atoms with Gasteiger partial charge in [0.1, 0.15) is 5.82 Å². The number of hydrogen-bond acceptors (Lipinski definition) is 4. The van der Waals surface area contributed by atoms with Crippen LogP contribution in [0.3, 0.4) is 0 Å². The molecule has 0 radical (unpaired) electrons. The molecule has 0 unspecified atom stereocenters. The summed E-state index contributed by atoms with van der Waals surface area (Å²) in [4.78, 5) is 0. The van der Waals surface area contributed by atoms with Crippen molar-refractivity contribution in [1.29, 1.82) is 0 Å². The number of nitrogens with one attached hydrogen (secondary N) is 1. The largest absolute Gasteiger partial charge is 0.313 e. The van der Waals surface area contributed by atoms with Gasteiger partial charge in [-0.05, 0) is 36.5 Å². The highest BCUT2D eigenvalue weighted by Crippen LogP contribution is 2.16. The van der Waals surface area contributed by atoms with Gasteiger partial charge in [0.05, 0.1) is 0 Å². The molecule has 1 N–H and O–H groups in total. The van der Waals surface area contributed by atoms with Crippen LogP contribution in [0, 0.1) is 0 Å². The zero-order chi connectivity index (χ0) is 12.2. The van der Waals surface area contributed by atoms with E-state index in [0.29, 0.717) is 6.04 Å². The normalized spacial score (nSPS) is 17.3. The molecule has 0 spiro atoms. The lowest BCUT2D eigenvalue weighted by atomic mass is 10.1. The standard InChI is InChI=1S/C13H18N4S/c1-2-8-17-12(3-1)15-16-13(17)4-7-14-11-5-9-18-10-6-11/h1-3,8,11,14H,4-7,9-10H2. The lowest BCUT2D eigenvalue weighted by molar-refractivity contribution is 0.483. The quantitative estimate of drug-likeness (QED) is 0.911. The molecule has 3 rings (SSSR count). The van der Waals surface area contributed by atoms with Crippen molar-refractivity contribution in [3.05, 3.63) is 30.2 Å². The molecular weight excluding hydrogens is 244 g/mol. The van der Waals surface area contributed by atoms with E-state index < -0.39 is 0 Å². The van der Waals surface area contributed by atoms with Gasteiger partial charge in [-0.15, -0.1) is 10.2 Å². The van der Waals surface area contributed by atoms with Crippen molar-refractivity contribution in [3.63, 3.8) is 0 Å². The summed E-state index contributed by atoms with van der Waals surface area (Å²) >= 11 is 2.07. The highest BCUT2D eigenvalue weighted by molar-refractivity contribution is 7.99. The van der Waals surface area contributed by atoms with Crippen LogP contribution in [0.15, 0.2) is 24.4 Å². The summed E-state index contributed by atoms with van der Waals surface area (Å²) in [6, 6.07) is 6.70. The Morgan fingerprint density at radius 3 is 3.06 bits per heavy atom. The summed E-state index contributed by atoms with van der Waals surface area (Å²) in [6.07, 6.45) is 5.56. The fourth-order valence-corrected chi connectivity index (χ4v) is 3.46. The van der Waals surface area contributed by atoms with Crippen molar-refractivity contribution in [3.8, 4) is 0 Å². The van der Waals surface area contributed by atoms with E-state index in [9.17, 15) is 0 Å². The first kappa shape index (κ1) is 12.0. The van der Waals surface area contributed by atoms with Gasteiger partial charge in [0.25, 0.3) is 0 Å². The average Bonchev–Trinajstić information content (AvgIpc) is 2.84. The van der Waals surface area contributed by atoms with Crippen LogP contribution in [0.1, 0.15) is 18.7 Å². The van der Waals surface area contributed by atoms with Crippen molar-refractivity contribution in [1.82, 2.24) is 19.9 Å². The van der Waals surface area contributed by atoms with Crippen LogP contribution in [0.2, 0.25) is 0 Å². The second-order valence-electron chi connectivity index (χ2n) is 4.64. The van der Waals surface area contributed by atoms with Crippen LogP contribution in [-0.4, -0.2) is 38.7 Å². The molecule has 0 aromatic carbocycles. The molecule has 96 valence electrons.